The zero-order valence-corrected chi connectivity index (χ0v) is 11.1. The maximum atomic E-state index is 11.0. The summed E-state index contributed by atoms with van der Waals surface area (Å²) in [7, 11) is 0. The smallest absolute Gasteiger partial charge is 0.306 e. The van der Waals surface area contributed by atoms with Crippen molar-refractivity contribution in [3.05, 3.63) is 38.3 Å². The molecule has 0 radical (unpaired) electrons. The number of non-ortho nitro benzene ring substituents is 1. The lowest BCUT2D eigenvalue weighted by Crippen LogP contribution is -2.20. The Morgan fingerprint density at radius 2 is 2.22 bits per heavy atom. The summed E-state index contributed by atoms with van der Waals surface area (Å²) in [5.74, 6) is -1.49. The Labute approximate surface area is 112 Å². The fraction of sp³-hybridized carbons (Fsp3) is 0.364. The number of carboxylic acid groups (broad SMARTS) is 1. The van der Waals surface area contributed by atoms with E-state index in [0.717, 1.165) is 5.56 Å². The number of hydrogen-bond acceptors (Lipinski definition) is 4. The van der Waals surface area contributed by atoms with Gasteiger partial charge in [0.25, 0.3) is 5.69 Å². The van der Waals surface area contributed by atoms with Gasteiger partial charge in [-0.15, -0.1) is 0 Å². The van der Waals surface area contributed by atoms with E-state index in [0.29, 0.717) is 23.9 Å². The molecule has 0 aliphatic carbocycles. The van der Waals surface area contributed by atoms with Gasteiger partial charge >= 0.3 is 5.97 Å². The van der Waals surface area contributed by atoms with E-state index < -0.39 is 16.8 Å². The van der Waals surface area contributed by atoms with Gasteiger partial charge < -0.3 is 10.8 Å². The van der Waals surface area contributed by atoms with Crippen molar-refractivity contribution in [3.8, 4) is 0 Å². The summed E-state index contributed by atoms with van der Waals surface area (Å²) < 4.78 is 0.542. The Kier molecular flexibility index (Phi) is 5.24. The lowest BCUT2D eigenvalue weighted by Gasteiger charge is -2.12. The van der Waals surface area contributed by atoms with Crippen LogP contribution >= 0.6 is 15.9 Å². The number of halogens is 1. The normalized spacial score (nSPS) is 12.1. The van der Waals surface area contributed by atoms with Gasteiger partial charge in [0.05, 0.1) is 10.8 Å². The predicted octanol–water partition coefficient (Wildman–Crippen LogP) is 1.95. The number of nitrogens with zero attached hydrogens (tertiary/aromatic N) is 1. The zero-order chi connectivity index (χ0) is 13.7. The van der Waals surface area contributed by atoms with Crippen LogP contribution in [0.2, 0.25) is 0 Å². The van der Waals surface area contributed by atoms with E-state index in [9.17, 15) is 14.9 Å². The number of aliphatic carboxylic acids is 1. The van der Waals surface area contributed by atoms with Crippen LogP contribution in [-0.2, 0) is 11.2 Å². The fourth-order valence-electron chi connectivity index (χ4n) is 1.59. The predicted molar refractivity (Wildman–Crippen MR) is 69.3 cm³/mol. The molecule has 1 aromatic carbocycles. The summed E-state index contributed by atoms with van der Waals surface area (Å²) in [6, 6.07) is 4.30. The molecular formula is C11H13BrN2O4. The molecule has 1 atom stereocenters. The van der Waals surface area contributed by atoms with E-state index in [2.05, 4.69) is 15.9 Å². The quantitative estimate of drug-likeness (QED) is 0.616. The Morgan fingerprint density at radius 3 is 2.67 bits per heavy atom. The van der Waals surface area contributed by atoms with E-state index >= 15 is 0 Å². The minimum Gasteiger partial charge on any atom is -0.481 e. The second-order valence-electron chi connectivity index (χ2n) is 3.85. The molecule has 0 fully saturated rings. The second kappa shape index (κ2) is 6.46. The molecule has 1 unspecified atom stereocenters. The van der Waals surface area contributed by atoms with Crippen LogP contribution in [0.4, 0.5) is 5.69 Å². The van der Waals surface area contributed by atoms with Gasteiger partial charge in [-0.3, -0.25) is 14.9 Å². The third kappa shape index (κ3) is 3.78. The molecule has 0 spiro atoms. The lowest BCUT2D eigenvalue weighted by molar-refractivity contribution is -0.384. The maximum absolute atomic E-state index is 11.0. The summed E-state index contributed by atoms with van der Waals surface area (Å²) in [4.78, 5) is 21.1. The van der Waals surface area contributed by atoms with E-state index in [1.54, 1.807) is 6.07 Å². The summed E-state index contributed by atoms with van der Waals surface area (Å²) in [6.07, 6.45) is 0.671. The highest BCUT2D eigenvalue weighted by molar-refractivity contribution is 9.10. The topological polar surface area (TPSA) is 106 Å². The van der Waals surface area contributed by atoms with Gasteiger partial charge in [-0.2, -0.15) is 0 Å². The SMILES string of the molecule is NCCC(Cc1ccc([N+](=O)[O-])cc1Br)C(=O)O. The molecule has 0 heterocycles. The number of nitro benzene ring substituents is 1. The molecule has 1 rings (SSSR count). The molecule has 98 valence electrons. The van der Waals surface area contributed by atoms with E-state index in [1.165, 1.54) is 12.1 Å². The Bertz CT molecular complexity index is 464. The third-order valence-electron chi connectivity index (χ3n) is 2.58. The van der Waals surface area contributed by atoms with Crippen LogP contribution in [0.15, 0.2) is 22.7 Å². The molecule has 0 aliphatic heterocycles. The number of rotatable bonds is 6. The van der Waals surface area contributed by atoms with Gasteiger partial charge in [0.2, 0.25) is 0 Å². The number of carboxylic acids is 1. The van der Waals surface area contributed by atoms with Crippen LogP contribution in [0.3, 0.4) is 0 Å². The van der Waals surface area contributed by atoms with Crippen molar-refractivity contribution in [2.45, 2.75) is 12.8 Å². The van der Waals surface area contributed by atoms with Gasteiger partial charge in [0, 0.05) is 16.6 Å². The number of carbonyl (C=O) groups is 1. The van der Waals surface area contributed by atoms with E-state index in [4.69, 9.17) is 10.8 Å². The average Bonchev–Trinajstić information content (AvgIpc) is 2.30. The highest BCUT2D eigenvalue weighted by Crippen LogP contribution is 2.25. The average molecular weight is 317 g/mol. The molecule has 0 amide bonds. The third-order valence-corrected chi connectivity index (χ3v) is 3.32. The maximum Gasteiger partial charge on any atom is 0.306 e. The van der Waals surface area contributed by atoms with Crippen molar-refractivity contribution in [2.75, 3.05) is 6.54 Å². The number of benzene rings is 1. The van der Waals surface area contributed by atoms with Gasteiger partial charge in [-0.25, -0.2) is 0 Å². The molecule has 0 saturated heterocycles. The summed E-state index contributed by atoms with van der Waals surface area (Å²) in [5.41, 5.74) is 6.05. The van der Waals surface area contributed by atoms with Crippen molar-refractivity contribution in [1.29, 1.82) is 0 Å². The Morgan fingerprint density at radius 1 is 1.56 bits per heavy atom. The largest absolute Gasteiger partial charge is 0.481 e. The lowest BCUT2D eigenvalue weighted by atomic mass is 9.96. The van der Waals surface area contributed by atoms with Crippen LogP contribution in [0.25, 0.3) is 0 Å². The monoisotopic (exact) mass is 316 g/mol. The molecule has 1 aromatic rings. The van der Waals surface area contributed by atoms with E-state index in [1.807, 2.05) is 0 Å². The van der Waals surface area contributed by atoms with Gasteiger partial charge in [-0.1, -0.05) is 22.0 Å². The first kappa shape index (κ1) is 14.6. The number of nitro groups is 1. The molecule has 0 saturated carbocycles. The van der Waals surface area contributed by atoms with Gasteiger partial charge in [0.1, 0.15) is 0 Å². The Balaban J connectivity index is 2.90. The first-order chi connectivity index (χ1) is 8.45. The van der Waals surface area contributed by atoms with Crippen LogP contribution in [0.5, 0.6) is 0 Å². The van der Waals surface area contributed by atoms with Gasteiger partial charge in [0.15, 0.2) is 0 Å². The van der Waals surface area contributed by atoms with Gasteiger partial charge in [-0.05, 0) is 24.9 Å². The molecule has 18 heavy (non-hydrogen) atoms. The number of nitrogens with two attached hydrogens (primary N) is 1. The molecule has 0 aliphatic rings. The summed E-state index contributed by atoms with van der Waals surface area (Å²) in [6.45, 7) is 0.293. The Hall–Kier alpha value is -1.47. The standard InChI is InChI=1S/C11H13BrN2O4/c12-10-6-9(14(17)18)2-1-7(10)5-8(3-4-13)11(15)16/h1-2,6,8H,3-5,13H2,(H,15,16). The van der Waals surface area contributed by atoms with Crippen LogP contribution in [0.1, 0.15) is 12.0 Å². The van der Waals surface area contributed by atoms with Crippen LogP contribution < -0.4 is 5.73 Å². The summed E-state index contributed by atoms with van der Waals surface area (Å²) >= 11 is 3.22. The summed E-state index contributed by atoms with van der Waals surface area (Å²) in [5, 5.41) is 19.6. The van der Waals surface area contributed by atoms with Crippen LogP contribution in [-0.4, -0.2) is 22.5 Å². The first-order valence-corrected chi connectivity index (χ1v) is 6.10. The second-order valence-corrected chi connectivity index (χ2v) is 4.70. The molecule has 6 nitrogen and oxygen atoms in total. The highest BCUT2D eigenvalue weighted by atomic mass is 79.9. The van der Waals surface area contributed by atoms with Crippen LogP contribution in [0, 0.1) is 16.0 Å². The van der Waals surface area contributed by atoms with E-state index in [-0.39, 0.29) is 5.69 Å². The molecule has 7 heteroatoms. The van der Waals surface area contributed by atoms with Crippen molar-refractivity contribution in [2.24, 2.45) is 11.7 Å². The van der Waals surface area contributed by atoms with Crippen molar-refractivity contribution < 1.29 is 14.8 Å². The van der Waals surface area contributed by atoms with Crippen molar-refractivity contribution in [1.82, 2.24) is 0 Å². The van der Waals surface area contributed by atoms with Crippen molar-refractivity contribution in [3.63, 3.8) is 0 Å². The minimum absolute atomic E-state index is 0.0312. The zero-order valence-electron chi connectivity index (χ0n) is 9.51. The molecule has 0 aromatic heterocycles. The molecule has 3 N–H and O–H groups in total. The first-order valence-electron chi connectivity index (χ1n) is 5.31. The van der Waals surface area contributed by atoms with Crippen molar-refractivity contribution >= 4 is 27.6 Å². The molecule has 0 bridgehead atoms. The fourth-order valence-corrected chi connectivity index (χ4v) is 2.12. The highest BCUT2D eigenvalue weighted by Gasteiger charge is 2.19. The minimum atomic E-state index is -0.911. The number of hydrogen-bond donors (Lipinski definition) is 2. The molecular weight excluding hydrogens is 304 g/mol.